The number of methoxy groups -OCH3 is 1. The van der Waals surface area contributed by atoms with Gasteiger partial charge in [0.2, 0.25) is 15.9 Å². The summed E-state index contributed by atoms with van der Waals surface area (Å²) in [5, 5.41) is 0. The molecule has 2 aromatic carbocycles. The molecule has 1 fully saturated rings. The van der Waals surface area contributed by atoms with E-state index in [0.29, 0.717) is 44.3 Å². The molecule has 0 atom stereocenters. The average Bonchev–Trinajstić information content (AvgIpc) is 2.80. The molecule has 3 rings (SSSR count). The third-order valence-electron chi connectivity index (χ3n) is 4.75. The lowest BCUT2D eigenvalue weighted by Gasteiger charge is -2.34. The van der Waals surface area contributed by atoms with Crippen molar-refractivity contribution >= 4 is 27.7 Å². The molecule has 0 radical (unpaired) electrons. The van der Waals surface area contributed by atoms with Gasteiger partial charge in [-0.05, 0) is 36.4 Å². The quantitative estimate of drug-likeness (QED) is 0.546. The number of benzene rings is 2. The van der Waals surface area contributed by atoms with Gasteiger partial charge < -0.3 is 14.4 Å². The normalized spacial score (nSPS) is 15.0. The lowest BCUT2D eigenvalue weighted by Crippen LogP contribution is -2.51. The van der Waals surface area contributed by atoms with E-state index in [1.54, 1.807) is 42.3 Å². The lowest BCUT2D eigenvalue weighted by molar-refractivity contribution is -0.129. The average molecular weight is 451 g/mol. The standard InChI is InChI=1S/C21H26N2O5S2/c1-27-18-7-9-19(10-8-18)28-15-16-29-17-21(24)22-11-13-23(14-12-22)30(25,26)20-5-3-2-4-6-20/h2-10H,11-17H2,1H3. The molecule has 0 unspecified atom stereocenters. The van der Waals surface area contributed by atoms with E-state index >= 15 is 0 Å². The molecule has 0 spiro atoms. The van der Waals surface area contributed by atoms with Crippen molar-refractivity contribution in [1.29, 1.82) is 0 Å². The summed E-state index contributed by atoms with van der Waals surface area (Å²) in [5.41, 5.74) is 0. The van der Waals surface area contributed by atoms with Crippen LogP contribution in [0.2, 0.25) is 0 Å². The number of hydrogen-bond donors (Lipinski definition) is 0. The molecular weight excluding hydrogens is 424 g/mol. The Labute approximate surface area is 182 Å². The Morgan fingerprint density at radius 2 is 1.60 bits per heavy atom. The minimum atomic E-state index is -3.50. The fourth-order valence-corrected chi connectivity index (χ4v) is 5.21. The van der Waals surface area contributed by atoms with E-state index in [-0.39, 0.29) is 10.8 Å². The first-order chi connectivity index (χ1) is 14.5. The topological polar surface area (TPSA) is 76.2 Å². The van der Waals surface area contributed by atoms with E-state index in [2.05, 4.69) is 0 Å². The van der Waals surface area contributed by atoms with Crippen molar-refractivity contribution in [3.63, 3.8) is 0 Å². The molecule has 2 aromatic rings. The van der Waals surface area contributed by atoms with Crippen LogP contribution in [0.4, 0.5) is 0 Å². The summed E-state index contributed by atoms with van der Waals surface area (Å²) >= 11 is 1.51. The highest BCUT2D eigenvalue weighted by atomic mass is 32.2. The van der Waals surface area contributed by atoms with E-state index < -0.39 is 10.0 Å². The van der Waals surface area contributed by atoms with Crippen LogP contribution in [0.25, 0.3) is 0 Å². The van der Waals surface area contributed by atoms with E-state index in [9.17, 15) is 13.2 Å². The summed E-state index contributed by atoms with van der Waals surface area (Å²) in [4.78, 5) is 14.4. The number of rotatable bonds is 9. The fourth-order valence-electron chi connectivity index (χ4n) is 3.06. The number of piperazine rings is 1. The van der Waals surface area contributed by atoms with Gasteiger partial charge in [0.05, 0.1) is 24.4 Å². The second-order valence-electron chi connectivity index (χ2n) is 6.67. The molecule has 162 valence electrons. The highest BCUT2D eigenvalue weighted by Gasteiger charge is 2.29. The lowest BCUT2D eigenvalue weighted by atomic mass is 10.3. The van der Waals surface area contributed by atoms with Crippen molar-refractivity contribution in [2.45, 2.75) is 4.90 Å². The van der Waals surface area contributed by atoms with Gasteiger partial charge in [0.15, 0.2) is 0 Å². The molecule has 0 aliphatic carbocycles. The number of hydrogen-bond acceptors (Lipinski definition) is 6. The number of ether oxygens (including phenoxy) is 2. The zero-order valence-electron chi connectivity index (χ0n) is 16.9. The molecule has 0 N–H and O–H groups in total. The third-order valence-corrected chi connectivity index (χ3v) is 7.57. The fraction of sp³-hybridized carbons (Fsp3) is 0.381. The van der Waals surface area contributed by atoms with Gasteiger partial charge in [0, 0.05) is 31.9 Å². The first kappa shape index (κ1) is 22.5. The summed E-state index contributed by atoms with van der Waals surface area (Å²) in [6.45, 7) is 1.96. The molecule has 7 nitrogen and oxygen atoms in total. The number of sulfonamides is 1. The molecule has 1 amide bonds. The SMILES string of the molecule is COc1ccc(OCCSCC(=O)N2CCN(S(=O)(=O)c3ccccc3)CC2)cc1. The van der Waals surface area contributed by atoms with Gasteiger partial charge in [-0.25, -0.2) is 8.42 Å². The second-order valence-corrected chi connectivity index (χ2v) is 9.72. The summed E-state index contributed by atoms with van der Waals surface area (Å²) in [7, 11) is -1.88. The number of thioether (sulfide) groups is 1. The van der Waals surface area contributed by atoms with Gasteiger partial charge in [0.25, 0.3) is 0 Å². The smallest absolute Gasteiger partial charge is 0.243 e. The van der Waals surface area contributed by atoms with Crippen LogP contribution in [0, 0.1) is 0 Å². The Morgan fingerprint density at radius 3 is 2.23 bits per heavy atom. The summed E-state index contributed by atoms with van der Waals surface area (Å²) in [6, 6.07) is 15.8. The van der Waals surface area contributed by atoms with Crippen LogP contribution < -0.4 is 9.47 Å². The van der Waals surface area contributed by atoms with Gasteiger partial charge >= 0.3 is 0 Å². The predicted molar refractivity (Wildman–Crippen MR) is 118 cm³/mol. The van der Waals surface area contributed by atoms with E-state index in [4.69, 9.17) is 9.47 Å². The maximum absolute atomic E-state index is 12.7. The number of amides is 1. The van der Waals surface area contributed by atoms with Crippen molar-refractivity contribution in [3.8, 4) is 11.5 Å². The predicted octanol–water partition coefficient (Wildman–Crippen LogP) is 2.34. The number of carbonyl (C=O) groups is 1. The largest absolute Gasteiger partial charge is 0.497 e. The minimum absolute atomic E-state index is 0.0289. The number of nitrogens with zero attached hydrogens (tertiary/aromatic N) is 2. The van der Waals surface area contributed by atoms with Crippen molar-refractivity contribution in [2.75, 3.05) is 51.4 Å². The minimum Gasteiger partial charge on any atom is -0.497 e. The van der Waals surface area contributed by atoms with Crippen LogP contribution in [0.5, 0.6) is 11.5 Å². The van der Waals surface area contributed by atoms with Crippen molar-refractivity contribution < 1.29 is 22.7 Å². The van der Waals surface area contributed by atoms with Crippen LogP contribution in [0.3, 0.4) is 0 Å². The number of carbonyl (C=O) groups excluding carboxylic acids is 1. The Morgan fingerprint density at radius 1 is 0.967 bits per heavy atom. The van der Waals surface area contributed by atoms with Gasteiger partial charge in [-0.2, -0.15) is 4.31 Å². The van der Waals surface area contributed by atoms with E-state index in [0.717, 1.165) is 11.5 Å². The molecule has 1 saturated heterocycles. The van der Waals surface area contributed by atoms with Crippen molar-refractivity contribution in [1.82, 2.24) is 9.21 Å². The van der Waals surface area contributed by atoms with Crippen molar-refractivity contribution in [3.05, 3.63) is 54.6 Å². The molecule has 1 aliphatic rings. The zero-order chi connectivity index (χ0) is 21.4. The van der Waals surface area contributed by atoms with E-state index in [1.807, 2.05) is 24.3 Å². The van der Waals surface area contributed by atoms with Gasteiger partial charge in [-0.1, -0.05) is 18.2 Å². The van der Waals surface area contributed by atoms with Crippen molar-refractivity contribution in [2.24, 2.45) is 0 Å². The molecule has 0 saturated carbocycles. The first-order valence-electron chi connectivity index (χ1n) is 9.68. The highest BCUT2D eigenvalue weighted by Crippen LogP contribution is 2.19. The molecule has 30 heavy (non-hydrogen) atoms. The Kier molecular flexibility index (Phi) is 8.01. The summed E-state index contributed by atoms with van der Waals surface area (Å²) in [5.74, 6) is 2.62. The maximum atomic E-state index is 12.7. The highest BCUT2D eigenvalue weighted by molar-refractivity contribution is 7.99. The Bertz CT molecular complexity index is 912. The van der Waals surface area contributed by atoms with Gasteiger partial charge in [-0.15, -0.1) is 11.8 Å². The molecule has 0 aromatic heterocycles. The van der Waals surface area contributed by atoms with Crippen LogP contribution in [0.15, 0.2) is 59.5 Å². The second kappa shape index (κ2) is 10.7. The Hall–Kier alpha value is -2.23. The first-order valence-corrected chi connectivity index (χ1v) is 12.3. The zero-order valence-corrected chi connectivity index (χ0v) is 18.5. The molecule has 0 bridgehead atoms. The van der Waals surface area contributed by atoms with Gasteiger partial charge in [-0.3, -0.25) is 4.79 Å². The molecule has 9 heteroatoms. The van der Waals surface area contributed by atoms with Gasteiger partial charge in [0.1, 0.15) is 11.5 Å². The van der Waals surface area contributed by atoms with E-state index in [1.165, 1.54) is 16.1 Å². The third kappa shape index (κ3) is 5.90. The molecular formula is C21H26N2O5S2. The van der Waals surface area contributed by atoms with Crippen LogP contribution >= 0.6 is 11.8 Å². The maximum Gasteiger partial charge on any atom is 0.243 e. The van der Waals surface area contributed by atoms with Crippen LogP contribution in [-0.2, 0) is 14.8 Å². The molecule has 1 heterocycles. The Balaban J connectivity index is 1.36. The van der Waals surface area contributed by atoms with Crippen LogP contribution in [-0.4, -0.2) is 74.9 Å². The summed E-state index contributed by atoms with van der Waals surface area (Å²) < 4.78 is 37.5. The van der Waals surface area contributed by atoms with Crippen LogP contribution in [0.1, 0.15) is 0 Å². The molecule has 1 aliphatic heterocycles. The monoisotopic (exact) mass is 450 g/mol. The summed E-state index contributed by atoms with van der Waals surface area (Å²) in [6.07, 6.45) is 0.